The van der Waals surface area contributed by atoms with Crippen molar-refractivity contribution in [2.75, 3.05) is 81.9 Å². The predicted octanol–water partition coefficient (Wildman–Crippen LogP) is 4.64. The van der Waals surface area contributed by atoms with Gasteiger partial charge in [-0.05, 0) is 109 Å². The highest BCUT2D eigenvalue weighted by molar-refractivity contribution is 7.86. The molecule has 0 bridgehead atoms. The summed E-state index contributed by atoms with van der Waals surface area (Å²) in [5.41, 5.74) is 4.76. The van der Waals surface area contributed by atoms with E-state index in [0.717, 1.165) is 27.8 Å². The number of nitrogens with zero attached hydrogens (tertiary/aromatic N) is 3. The molecule has 0 saturated carbocycles. The van der Waals surface area contributed by atoms with Crippen molar-refractivity contribution in [2.45, 2.75) is 83.5 Å². The maximum Gasteiger partial charge on any atom is 0.264 e. The van der Waals surface area contributed by atoms with E-state index in [2.05, 4.69) is 0 Å². The van der Waals surface area contributed by atoms with Crippen LogP contribution in [0.2, 0.25) is 0 Å². The SMILES string of the molecule is CC1(C)C(C=C/C=C2/N(CCCS(=O)(=O)O)c3ccc(N(CCCS(=O)(=O)O)CCCS(=O)(=O)O)cc3C2(C)C)=C(CCCS(=O)(=O)O)c2ccc(N(CCCS(=O)(=O)O)CCCS(=O)(=O)O)cc21. The second-order valence-electron chi connectivity index (χ2n) is 18.2. The zero-order chi connectivity index (χ0) is 52.0. The van der Waals surface area contributed by atoms with Crippen LogP contribution < -0.4 is 14.7 Å². The normalized spacial score (nSPS) is 17.0. The highest BCUT2D eigenvalue weighted by Crippen LogP contribution is 2.51. The molecule has 4 rings (SSSR count). The molecular weight excluding hydrogens is 1030 g/mol. The molecule has 27 heteroatoms. The van der Waals surface area contributed by atoms with E-state index < -0.39 is 106 Å². The van der Waals surface area contributed by atoms with Crippen LogP contribution in [0.4, 0.5) is 17.1 Å². The summed E-state index contributed by atoms with van der Waals surface area (Å²) in [6, 6.07) is 10.8. The average Bonchev–Trinajstić information content (AvgIpc) is 3.51. The van der Waals surface area contributed by atoms with Crippen molar-refractivity contribution in [3.8, 4) is 0 Å². The average molecular weight is 1090 g/mol. The first-order valence-electron chi connectivity index (χ1n) is 21.9. The third-order valence-electron chi connectivity index (χ3n) is 12.1. The van der Waals surface area contributed by atoms with Gasteiger partial charge in [0.2, 0.25) is 0 Å². The molecule has 0 unspecified atom stereocenters. The Balaban J connectivity index is 1.81. The van der Waals surface area contributed by atoms with Crippen LogP contribution in [0.25, 0.3) is 5.57 Å². The summed E-state index contributed by atoms with van der Waals surface area (Å²) in [6.07, 6.45) is 5.74. The summed E-state index contributed by atoms with van der Waals surface area (Å²) in [4.78, 5) is 5.37. The van der Waals surface area contributed by atoms with Gasteiger partial charge in [-0.15, -0.1) is 0 Å². The van der Waals surface area contributed by atoms with Crippen LogP contribution in [0, 0.1) is 0 Å². The fourth-order valence-corrected chi connectivity index (χ4v) is 11.9. The maximum atomic E-state index is 11.8. The molecule has 0 aromatic heterocycles. The van der Waals surface area contributed by atoms with E-state index in [-0.39, 0.29) is 77.7 Å². The molecule has 2 aliphatic rings. The first-order valence-corrected chi connectivity index (χ1v) is 31.5. The lowest BCUT2D eigenvalue weighted by atomic mass is 9.80. The maximum absolute atomic E-state index is 11.8. The lowest BCUT2D eigenvalue weighted by Crippen LogP contribution is -2.29. The molecular formula is C42H63N3O18S6. The summed E-state index contributed by atoms with van der Waals surface area (Å²) in [7, 11) is -25.9. The number of rotatable bonds is 28. The number of hydrogen-bond donors (Lipinski definition) is 6. The fourth-order valence-electron chi connectivity index (χ4n) is 8.92. The van der Waals surface area contributed by atoms with Crippen LogP contribution in [0.3, 0.4) is 0 Å². The topological polar surface area (TPSA) is 336 Å². The summed E-state index contributed by atoms with van der Waals surface area (Å²) in [5.74, 6) is -3.28. The number of hydrogen-bond acceptors (Lipinski definition) is 15. The molecule has 2 aromatic carbocycles. The van der Waals surface area contributed by atoms with Gasteiger partial charge in [-0.3, -0.25) is 27.3 Å². The van der Waals surface area contributed by atoms with E-state index in [9.17, 15) is 77.8 Å². The van der Waals surface area contributed by atoms with Gasteiger partial charge in [-0.2, -0.15) is 50.5 Å². The summed E-state index contributed by atoms with van der Waals surface area (Å²) in [6.45, 7) is 8.24. The van der Waals surface area contributed by atoms with Gasteiger partial charge in [0.15, 0.2) is 0 Å². The molecule has 2 aromatic rings. The molecule has 1 aliphatic heterocycles. The van der Waals surface area contributed by atoms with Crippen LogP contribution in [-0.2, 0) is 71.5 Å². The van der Waals surface area contributed by atoms with Crippen molar-refractivity contribution < 1.29 is 77.8 Å². The first kappa shape index (κ1) is 58.1. The quantitative estimate of drug-likeness (QED) is 0.0632. The Morgan fingerprint density at radius 1 is 0.507 bits per heavy atom. The molecule has 0 radical (unpaired) electrons. The van der Waals surface area contributed by atoms with Gasteiger partial charge >= 0.3 is 0 Å². The Morgan fingerprint density at radius 2 is 0.899 bits per heavy atom. The van der Waals surface area contributed by atoms with Gasteiger partial charge < -0.3 is 14.7 Å². The summed E-state index contributed by atoms with van der Waals surface area (Å²) < 4.78 is 196. The zero-order valence-corrected chi connectivity index (χ0v) is 43.7. The smallest absolute Gasteiger partial charge is 0.264 e. The van der Waals surface area contributed by atoms with Gasteiger partial charge in [0, 0.05) is 66.3 Å². The van der Waals surface area contributed by atoms with E-state index in [4.69, 9.17) is 0 Å². The van der Waals surface area contributed by atoms with Crippen LogP contribution in [0.1, 0.15) is 89.3 Å². The highest BCUT2D eigenvalue weighted by Gasteiger charge is 2.41. The molecule has 69 heavy (non-hydrogen) atoms. The molecule has 0 amide bonds. The number of allylic oxidation sites excluding steroid dienone is 6. The predicted molar refractivity (Wildman–Crippen MR) is 266 cm³/mol. The second-order valence-corrected chi connectivity index (χ2v) is 27.6. The van der Waals surface area contributed by atoms with Crippen molar-refractivity contribution in [1.29, 1.82) is 0 Å². The van der Waals surface area contributed by atoms with Crippen molar-refractivity contribution in [3.05, 3.63) is 82.6 Å². The van der Waals surface area contributed by atoms with E-state index in [0.29, 0.717) is 22.8 Å². The lowest BCUT2D eigenvalue weighted by molar-refractivity contribution is 0.477. The minimum absolute atomic E-state index is 0.00625. The molecule has 1 aliphatic carbocycles. The van der Waals surface area contributed by atoms with Crippen LogP contribution in [-0.4, -0.2) is 145 Å². The Bertz CT molecular complexity index is 2910. The van der Waals surface area contributed by atoms with Gasteiger partial charge in [-0.25, -0.2) is 0 Å². The van der Waals surface area contributed by atoms with Crippen molar-refractivity contribution in [3.63, 3.8) is 0 Å². The zero-order valence-electron chi connectivity index (χ0n) is 38.8. The fraction of sp³-hybridized carbons (Fsp3) is 0.571. The molecule has 390 valence electrons. The molecule has 6 N–H and O–H groups in total. The van der Waals surface area contributed by atoms with Gasteiger partial charge in [0.05, 0.1) is 34.5 Å². The monoisotopic (exact) mass is 1090 g/mol. The molecule has 21 nitrogen and oxygen atoms in total. The largest absolute Gasteiger partial charge is 0.371 e. The third-order valence-corrected chi connectivity index (χ3v) is 16.9. The van der Waals surface area contributed by atoms with Crippen LogP contribution in [0.15, 0.2) is 65.9 Å². The molecule has 0 saturated heterocycles. The van der Waals surface area contributed by atoms with Gasteiger partial charge in [0.25, 0.3) is 60.7 Å². The van der Waals surface area contributed by atoms with Gasteiger partial charge in [-0.1, -0.05) is 45.9 Å². The number of anilines is 3. The standard InChI is InChI=1S/C42H63N3O18S6/c1-41(2)36(34(12-6-24-64(46,47)48)35-17-15-32(30-37(35)41)43(19-7-25-65(49,50)51)20-8-26-66(52,53)54)13-5-14-40-42(3,4)38-31-33(16-18-39(38)45(40)23-11-29-69(61,62)63)44(21-9-27-67(55,56)57)22-10-28-68(58,59)60/h5,13-18,30-31H,6-12,19-29H2,1-4H3,(H,46,47,48)(H,49,50,51)(H,52,53,54)(H,55,56,57)(H,58,59,60)(H,61,62,63)/b13-5?,40-14+. The Morgan fingerprint density at radius 3 is 1.33 bits per heavy atom. The Labute approximate surface area is 406 Å². The van der Waals surface area contributed by atoms with Crippen LogP contribution in [0.5, 0.6) is 0 Å². The molecule has 0 spiro atoms. The minimum atomic E-state index is -4.34. The Kier molecular flexibility index (Phi) is 19.0. The number of fused-ring (bicyclic) bond motifs is 2. The van der Waals surface area contributed by atoms with Crippen molar-refractivity contribution in [1.82, 2.24) is 0 Å². The second kappa shape index (κ2) is 22.5. The minimum Gasteiger partial charge on any atom is -0.371 e. The lowest BCUT2D eigenvalue weighted by Gasteiger charge is -2.28. The molecule has 0 fully saturated rings. The third kappa shape index (κ3) is 18.0. The van der Waals surface area contributed by atoms with Crippen molar-refractivity contribution >= 4 is 83.3 Å². The molecule has 1 heterocycles. The van der Waals surface area contributed by atoms with E-state index in [1.54, 1.807) is 34.1 Å². The van der Waals surface area contributed by atoms with Crippen LogP contribution >= 0.6 is 0 Å². The van der Waals surface area contributed by atoms with Crippen molar-refractivity contribution in [2.24, 2.45) is 0 Å². The number of benzene rings is 2. The highest BCUT2D eigenvalue weighted by atomic mass is 32.2. The molecule has 0 atom stereocenters. The summed E-state index contributed by atoms with van der Waals surface area (Å²) in [5, 5.41) is 0. The Hall–Kier alpha value is -3.48. The van der Waals surface area contributed by atoms with E-state index in [1.165, 1.54) is 0 Å². The summed E-state index contributed by atoms with van der Waals surface area (Å²) >= 11 is 0. The van der Waals surface area contributed by atoms with Gasteiger partial charge in [0.1, 0.15) is 0 Å². The first-order chi connectivity index (χ1) is 31.5. The van der Waals surface area contributed by atoms with E-state index >= 15 is 0 Å². The van der Waals surface area contributed by atoms with E-state index in [1.807, 2.05) is 62.9 Å².